The van der Waals surface area contributed by atoms with E-state index in [0.29, 0.717) is 13.0 Å². The molecule has 0 saturated heterocycles. The number of carbonyl (C=O) groups is 1. The van der Waals surface area contributed by atoms with Crippen molar-refractivity contribution in [3.8, 4) is 5.75 Å². The van der Waals surface area contributed by atoms with Gasteiger partial charge in [-0.05, 0) is 83.8 Å². The number of rotatable bonds is 2. The van der Waals surface area contributed by atoms with Gasteiger partial charge in [0.25, 0.3) is 5.91 Å². The highest BCUT2D eigenvalue weighted by Gasteiger charge is 2.39. The smallest absolute Gasteiger partial charge is 0.260 e. The Balaban J connectivity index is 2.12. The molecule has 3 nitrogen and oxygen atoms in total. The lowest BCUT2D eigenvalue weighted by Crippen LogP contribution is -2.47. The molecule has 0 aliphatic carbocycles. The number of nitrogens with zero attached hydrogens (tertiary/aromatic N) is 1. The topological polar surface area (TPSA) is 40.5 Å². The average molecular weight is 439 g/mol. The molecule has 0 radical (unpaired) electrons. The van der Waals surface area contributed by atoms with Crippen LogP contribution in [0.2, 0.25) is 0 Å². The van der Waals surface area contributed by atoms with Gasteiger partial charge in [-0.1, -0.05) is 18.2 Å². The number of hydrogen-bond acceptors (Lipinski definition) is 2. The van der Waals surface area contributed by atoms with E-state index in [0.717, 1.165) is 20.3 Å². The van der Waals surface area contributed by atoms with Crippen LogP contribution in [0, 0.1) is 3.57 Å². The first-order valence-corrected chi connectivity index (χ1v) is 8.92. The van der Waals surface area contributed by atoms with Gasteiger partial charge in [-0.2, -0.15) is 0 Å². The summed E-state index contributed by atoms with van der Waals surface area (Å²) < 4.78 is 15.4. The SMILES string of the molecule is CC(C)(F)C(=O)N1CCc2cc(O)ccc2C1c1ccc(I)cc1. The van der Waals surface area contributed by atoms with Gasteiger partial charge in [0.1, 0.15) is 5.75 Å². The summed E-state index contributed by atoms with van der Waals surface area (Å²) in [6.07, 6.45) is 0.604. The molecule has 0 bridgehead atoms. The highest BCUT2D eigenvalue weighted by molar-refractivity contribution is 14.1. The van der Waals surface area contributed by atoms with Gasteiger partial charge >= 0.3 is 0 Å². The van der Waals surface area contributed by atoms with Crippen LogP contribution in [0.15, 0.2) is 42.5 Å². The Morgan fingerprint density at radius 2 is 1.92 bits per heavy atom. The molecule has 2 aromatic rings. The number of phenols is 1. The minimum Gasteiger partial charge on any atom is -0.508 e. The quantitative estimate of drug-likeness (QED) is 0.713. The van der Waals surface area contributed by atoms with Crippen LogP contribution in [0.3, 0.4) is 0 Å². The predicted molar refractivity (Wildman–Crippen MR) is 99.7 cm³/mol. The maximum atomic E-state index is 14.3. The standard InChI is InChI=1S/C19H19FINO2/c1-19(2,20)18(24)22-10-9-13-11-15(23)7-8-16(13)17(22)12-3-5-14(21)6-4-12/h3-8,11,17,23H,9-10H2,1-2H3. The molecule has 0 saturated carbocycles. The number of hydrogen-bond donors (Lipinski definition) is 1. The summed E-state index contributed by atoms with van der Waals surface area (Å²) in [6.45, 7) is 3.03. The summed E-state index contributed by atoms with van der Waals surface area (Å²) in [7, 11) is 0. The number of carbonyl (C=O) groups excluding carboxylic acids is 1. The zero-order chi connectivity index (χ0) is 17.5. The lowest BCUT2D eigenvalue weighted by Gasteiger charge is -2.39. The van der Waals surface area contributed by atoms with Gasteiger partial charge in [0, 0.05) is 10.1 Å². The molecule has 5 heteroatoms. The first kappa shape index (κ1) is 17.2. The molecule has 0 fully saturated rings. The first-order valence-electron chi connectivity index (χ1n) is 7.84. The molecule has 1 amide bonds. The number of fused-ring (bicyclic) bond motifs is 1. The Labute approximate surface area is 154 Å². The van der Waals surface area contributed by atoms with Crippen molar-refractivity contribution in [1.29, 1.82) is 0 Å². The van der Waals surface area contributed by atoms with Crippen molar-refractivity contribution in [1.82, 2.24) is 4.90 Å². The van der Waals surface area contributed by atoms with Gasteiger partial charge in [-0.25, -0.2) is 4.39 Å². The second-order valence-electron chi connectivity index (χ2n) is 6.56. The van der Waals surface area contributed by atoms with E-state index in [1.54, 1.807) is 17.0 Å². The Hall–Kier alpha value is -1.63. The molecule has 2 aromatic carbocycles. The summed E-state index contributed by atoms with van der Waals surface area (Å²) in [5.41, 5.74) is 0.965. The van der Waals surface area contributed by atoms with Crippen LogP contribution in [0.5, 0.6) is 5.75 Å². The second kappa shape index (κ2) is 6.35. The van der Waals surface area contributed by atoms with Crippen molar-refractivity contribution in [3.05, 3.63) is 62.7 Å². The molecule has 0 aromatic heterocycles. The lowest BCUT2D eigenvalue weighted by molar-refractivity contribution is -0.144. The Morgan fingerprint density at radius 1 is 1.25 bits per heavy atom. The molecule has 1 N–H and O–H groups in total. The number of halogens is 2. The van der Waals surface area contributed by atoms with Gasteiger partial charge in [0.2, 0.25) is 0 Å². The van der Waals surface area contributed by atoms with E-state index in [-0.39, 0.29) is 11.8 Å². The van der Waals surface area contributed by atoms with Gasteiger partial charge in [0.05, 0.1) is 6.04 Å². The average Bonchev–Trinajstić information content (AvgIpc) is 2.53. The maximum Gasteiger partial charge on any atom is 0.260 e. The van der Waals surface area contributed by atoms with E-state index in [2.05, 4.69) is 22.6 Å². The van der Waals surface area contributed by atoms with Crippen molar-refractivity contribution < 1.29 is 14.3 Å². The molecule has 1 unspecified atom stereocenters. The number of amides is 1. The van der Waals surface area contributed by atoms with Gasteiger partial charge in [0.15, 0.2) is 5.67 Å². The molecule has 1 heterocycles. The third kappa shape index (κ3) is 3.27. The van der Waals surface area contributed by atoms with E-state index >= 15 is 0 Å². The Bertz CT molecular complexity index is 768. The van der Waals surface area contributed by atoms with Crippen LogP contribution in [0.25, 0.3) is 0 Å². The fraction of sp³-hybridized carbons (Fsp3) is 0.316. The minimum absolute atomic E-state index is 0.209. The summed E-state index contributed by atoms with van der Waals surface area (Å²) >= 11 is 2.23. The molecule has 1 atom stereocenters. The van der Waals surface area contributed by atoms with Crippen LogP contribution >= 0.6 is 22.6 Å². The van der Waals surface area contributed by atoms with E-state index < -0.39 is 11.6 Å². The van der Waals surface area contributed by atoms with Gasteiger partial charge in [-0.3, -0.25) is 4.79 Å². The van der Waals surface area contributed by atoms with Crippen LogP contribution in [-0.4, -0.2) is 28.1 Å². The normalized spacial score (nSPS) is 17.5. The summed E-state index contributed by atoms with van der Waals surface area (Å²) in [5, 5.41) is 9.74. The number of phenolic OH excluding ortho intramolecular Hbond substituents is 1. The first-order chi connectivity index (χ1) is 11.3. The van der Waals surface area contributed by atoms with E-state index in [9.17, 15) is 14.3 Å². The van der Waals surface area contributed by atoms with Crippen LogP contribution in [0.1, 0.15) is 36.6 Å². The number of aromatic hydroxyl groups is 1. The van der Waals surface area contributed by atoms with Crippen molar-refractivity contribution in [2.24, 2.45) is 0 Å². The van der Waals surface area contributed by atoms with E-state index in [1.807, 2.05) is 30.3 Å². The zero-order valence-corrected chi connectivity index (χ0v) is 15.7. The third-order valence-electron chi connectivity index (χ3n) is 4.31. The van der Waals surface area contributed by atoms with Crippen LogP contribution in [0.4, 0.5) is 4.39 Å². The molecule has 1 aliphatic heterocycles. The third-order valence-corrected chi connectivity index (χ3v) is 5.03. The molecule has 24 heavy (non-hydrogen) atoms. The van der Waals surface area contributed by atoms with Gasteiger partial charge in [-0.15, -0.1) is 0 Å². The molecule has 126 valence electrons. The molecular weight excluding hydrogens is 420 g/mol. The van der Waals surface area contributed by atoms with E-state index in [4.69, 9.17) is 0 Å². The highest BCUT2D eigenvalue weighted by Crippen LogP contribution is 2.38. The predicted octanol–water partition coefficient (Wildman–Crippen LogP) is 4.22. The van der Waals surface area contributed by atoms with Gasteiger partial charge < -0.3 is 10.0 Å². The van der Waals surface area contributed by atoms with Crippen molar-refractivity contribution in [2.75, 3.05) is 6.54 Å². The zero-order valence-electron chi connectivity index (χ0n) is 13.6. The summed E-state index contributed by atoms with van der Waals surface area (Å²) in [4.78, 5) is 14.3. The summed E-state index contributed by atoms with van der Waals surface area (Å²) in [6, 6.07) is 12.7. The van der Waals surface area contributed by atoms with E-state index in [1.165, 1.54) is 13.8 Å². The number of alkyl halides is 1. The molecular formula is C19H19FINO2. The lowest BCUT2D eigenvalue weighted by atomic mass is 9.87. The summed E-state index contributed by atoms with van der Waals surface area (Å²) in [5.74, 6) is -0.300. The fourth-order valence-corrected chi connectivity index (χ4v) is 3.54. The fourth-order valence-electron chi connectivity index (χ4n) is 3.18. The minimum atomic E-state index is -1.92. The van der Waals surface area contributed by atoms with Crippen LogP contribution < -0.4 is 0 Å². The maximum absolute atomic E-state index is 14.3. The van der Waals surface area contributed by atoms with Crippen LogP contribution in [-0.2, 0) is 11.2 Å². The number of benzene rings is 2. The second-order valence-corrected chi connectivity index (χ2v) is 7.80. The molecule has 0 spiro atoms. The largest absolute Gasteiger partial charge is 0.508 e. The molecule has 1 aliphatic rings. The monoisotopic (exact) mass is 439 g/mol. The highest BCUT2D eigenvalue weighted by atomic mass is 127. The van der Waals surface area contributed by atoms with Crippen molar-refractivity contribution in [2.45, 2.75) is 32.0 Å². The van der Waals surface area contributed by atoms with Crippen molar-refractivity contribution in [3.63, 3.8) is 0 Å². The molecule has 3 rings (SSSR count). The Morgan fingerprint density at radius 3 is 2.54 bits per heavy atom. The van der Waals surface area contributed by atoms with Crippen molar-refractivity contribution >= 4 is 28.5 Å². The Kier molecular flexibility index (Phi) is 4.55.